The molecule has 0 radical (unpaired) electrons. The van der Waals surface area contributed by atoms with Crippen molar-refractivity contribution in [2.45, 2.75) is 43.8 Å². The van der Waals surface area contributed by atoms with E-state index in [1.54, 1.807) is 42.3 Å². The van der Waals surface area contributed by atoms with E-state index in [1.165, 1.54) is 4.31 Å². The van der Waals surface area contributed by atoms with Gasteiger partial charge in [0.1, 0.15) is 11.9 Å². The van der Waals surface area contributed by atoms with Crippen LogP contribution in [0.25, 0.3) is 11.0 Å². The first-order chi connectivity index (χ1) is 14.4. The number of para-hydroxylation sites is 2. The van der Waals surface area contributed by atoms with Crippen LogP contribution in [0.3, 0.4) is 0 Å². The Morgan fingerprint density at radius 1 is 1.13 bits per heavy atom. The molecule has 8 heteroatoms. The number of carbonyl (C=O) groups is 1. The van der Waals surface area contributed by atoms with E-state index in [0.717, 1.165) is 23.4 Å². The second-order valence-electron chi connectivity index (χ2n) is 7.54. The van der Waals surface area contributed by atoms with Crippen molar-refractivity contribution >= 4 is 27.0 Å². The van der Waals surface area contributed by atoms with Crippen molar-refractivity contribution < 1.29 is 13.2 Å². The Bertz CT molecular complexity index is 1160. The number of fused-ring (bicyclic) bond motifs is 1. The van der Waals surface area contributed by atoms with Crippen LogP contribution in [0.5, 0.6) is 0 Å². The van der Waals surface area contributed by atoms with Crippen LogP contribution >= 0.6 is 0 Å². The van der Waals surface area contributed by atoms with Crippen LogP contribution in [0.15, 0.2) is 59.5 Å². The average molecular weight is 427 g/mol. The SMILES string of the molecule is CCn1c(CN(C)C(=O)C2CCCN2S(=O)(=O)c2ccccc2)nc2ccccc21. The second-order valence-corrected chi connectivity index (χ2v) is 9.43. The van der Waals surface area contributed by atoms with E-state index in [-0.39, 0.29) is 10.8 Å². The highest BCUT2D eigenvalue weighted by Gasteiger charge is 2.40. The third-order valence-corrected chi connectivity index (χ3v) is 7.57. The minimum Gasteiger partial charge on any atom is -0.337 e. The summed E-state index contributed by atoms with van der Waals surface area (Å²) in [4.78, 5) is 19.7. The third-order valence-electron chi connectivity index (χ3n) is 5.64. The fourth-order valence-electron chi connectivity index (χ4n) is 4.15. The van der Waals surface area contributed by atoms with Gasteiger partial charge in [0.15, 0.2) is 0 Å². The van der Waals surface area contributed by atoms with Gasteiger partial charge in [-0.1, -0.05) is 30.3 Å². The number of amides is 1. The van der Waals surface area contributed by atoms with E-state index in [1.807, 2.05) is 31.2 Å². The Morgan fingerprint density at radius 3 is 2.57 bits per heavy atom. The zero-order valence-corrected chi connectivity index (χ0v) is 18.0. The summed E-state index contributed by atoms with van der Waals surface area (Å²) in [6.45, 7) is 3.48. The van der Waals surface area contributed by atoms with Crippen LogP contribution in [0, 0.1) is 0 Å². The first kappa shape index (κ1) is 20.6. The number of likely N-dealkylation sites (N-methyl/N-ethyl adjacent to an activating group) is 1. The highest BCUT2D eigenvalue weighted by atomic mass is 32.2. The van der Waals surface area contributed by atoms with Gasteiger partial charge in [-0.2, -0.15) is 4.31 Å². The lowest BCUT2D eigenvalue weighted by atomic mass is 10.2. The van der Waals surface area contributed by atoms with E-state index < -0.39 is 16.1 Å². The number of benzene rings is 2. The molecule has 0 saturated carbocycles. The molecule has 0 bridgehead atoms. The van der Waals surface area contributed by atoms with Gasteiger partial charge in [-0.15, -0.1) is 0 Å². The molecule has 1 aromatic heterocycles. The summed E-state index contributed by atoms with van der Waals surface area (Å²) < 4.78 is 29.6. The predicted molar refractivity (Wildman–Crippen MR) is 115 cm³/mol. The van der Waals surface area contributed by atoms with Gasteiger partial charge in [0.2, 0.25) is 15.9 Å². The monoisotopic (exact) mass is 426 g/mol. The molecule has 0 spiro atoms. The number of rotatable bonds is 6. The molecule has 30 heavy (non-hydrogen) atoms. The summed E-state index contributed by atoms with van der Waals surface area (Å²) in [5.74, 6) is 0.603. The molecular formula is C22H26N4O3S. The Kier molecular flexibility index (Phi) is 5.62. The number of aryl methyl sites for hydroxylation is 1. The van der Waals surface area contributed by atoms with Crippen LogP contribution in [-0.4, -0.2) is 52.7 Å². The Hall–Kier alpha value is -2.71. The minimum atomic E-state index is -3.71. The van der Waals surface area contributed by atoms with Gasteiger partial charge >= 0.3 is 0 Å². The summed E-state index contributed by atoms with van der Waals surface area (Å²) in [6, 6.07) is 15.5. The molecule has 1 aliphatic rings. The summed E-state index contributed by atoms with van der Waals surface area (Å²) in [7, 11) is -1.99. The molecule has 4 rings (SSSR count). The largest absolute Gasteiger partial charge is 0.337 e. The topological polar surface area (TPSA) is 75.5 Å². The molecular weight excluding hydrogens is 400 g/mol. The molecule has 1 saturated heterocycles. The number of imidazole rings is 1. The molecule has 3 aromatic rings. The smallest absolute Gasteiger partial charge is 0.243 e. The van der Waals surface area contributed by atoms with Gasteiger partial charge in [-0.25, -0.2) is 13.4 Å². The van der Waals surface area contributed by atoms with Gasteiger partial charge in [0.25, 0.3) is 0 Å². The van der Waals surface area contributed by atoms with E-state index in [4.69, 9.17) is 0 Å². The van der Waals surface area contributed by atoms with Crippen LogP contribution in [0.1, 0.15) is 25.6 Å². The molecule has 1 aliphatic heterocycles. The fraction of sp³-hybridized carbons (Fsp3) is 0.364. The number of hydrogen-bond acceptors (Lipinski definition) is 4. The van der Waals surface area contributed by atoms with Crippen molar-refractivity contribution in [1.82, 2.24) is 18.8 Å². The molecule has 1 amide bonds. The first-order valence-electron chi connectivity index (χ1n) is 10.2. The second kappa shape index (κ2) is 8.20. The predicted octanol–water partition coefficient (Wildman–Crippen LogP) is 2.87. The van der Waals surface area contributed by atoms with E-state index in [0.29, 0.717) is 25.9 Å². The average Bonchev–Trinajstić information content (AvgIpc) is 3.38. The van der Waals surface area contributed by atoms with Gasteiger partial charge in [0.05, 0.1) is 22.5 Å². The molecule has 158 valence electrons. The maximum atomic E-state index is 13.2. The molecule has 2 aromatic carbocycles. The molecule has 1 unspecified atom stereocenters. The van der Waals surface area contributed by atoms with Gasteiger partial charge in [-0.3, -0.25) is 4.79 Å². The Balaban J connectivity index is 1.57. The highest BCUT2D eigenvalue weighted by molar-refractivity contribution is 7.89. The lowest BCUT2D eigenvalue weighted by Crippen LogP contribution is -2.46. The number of carbonyl (C=O) groups excluding carboxylic acids is 1. The Labute approximate surface area is 177 Å². The quantitative estimate of drug-likeness (QED) is 0.607. The number of nitrogens with zero attached hydrogens (tertiary/aromatic N) is 4. The zero-order valence-electron chi connectivity index (χ0n) is 17.2. The van der Waals surface area contributed by atoms with Crippen molar-refractivity contribution in [3.8, 4) is 0 Å². The van der Waals surface area contributed by atoms with E-state index in [2.05, 4.69) is 9.55 Å². The highest BCUT2D eigenvalue weighted by Crippen LogP contribution is 2.27. The van der Waals surface area contributed by atoms with Crippen LogP contribution in [0.2, 0.25) is 0 Å². The molecule has 7 nitrogen and oxygen atoms in total. The number of aromatic nitrogens is 2. The Morgan fingerprint density at radius 2 is 1.83 bits per heavy atom. The molecule has 1 atom stereocenters. The van der Waals surface area contributed by atoms with Crippen molar-refractivity contribution in [3.63, 3.8) is 0 Å². The van der Waals surface area contributed by atoms with Crippen LogP contribution < -0.4 is 0 Å². The summed E-state index contributed by atoms with van der Waals surface area (Å²) in [5, 5.41) is 0. The normalized spacial score (nSPS) is 17.5. The fourth-order valence-corrected chi connectivity index (χ4v) is 5.82. The first-order valence-corrected chi connectivity index (χ1v) is 11.6. The molecule has 1 fully saturated rings. The van der Waals surface area contributed by atoms with E-state index >= 15 is 0 Å². The van der Waals surface area contributed by atoms with Gasteiger partial charge in [0, 0.05) is 20.1 Å². The minimum absolute atomic E-state index is 0.193. The van der Waals surface area contributed by atoms with Gasteiger partial charge < -0.3 is 9.47 Å². The zero-order chi connectivity index (χ0) is 21.3. The van der Waals surface area contributed by atoms with Crippen molar-refractivity contribution in [3.05, 3.63) is 60.4 Å². The van der Waals surface area contributed by atoms with Crippen molar-refractivity contribution in [2.24, 2.45) is 0 Å². The number of hydrogen-bond donors (Lipinski definition) is 0. The lowest BCUT2D eigenvalue weighted by molar-refractivity contribution is -0.133. The molecule has 0 N–H and O–H groups in total. The van der Waals surface area contributed by atoms with Crippen molar-refractivity contribution in [2.75, 3.05) is 13.6 Å². The van der Waals surface area contributed by atoms with Crippen molar-refractivity contribution in [1.29, 1.82) is 0 Å². The standard InChI is InChI=1S/C22H26N4O3S/c1-3-25-19-13-8-7-12-18(19)23-21(25)16-24(2)22(27)20-14-9-15-26(20)30(28,29)17-10-5-4-6-11-17/h4-8,10-13,20H,3,9,14-16H2,1-2H3. The van der Waals surface area contributed by atoms with Crippen LogP contribution in [0.4, 0.5) is 0 Å². The van der Waals surface area contributed by atoms with Crippen LogP contribution in [-0.2, 0) is 27.9 Å². The maximum absolute atomic E-state index is 13.2. The number of sulfonamides is 1. The van der Waals surface area contributed by atoms with E-state index in [9.17, 15) is 13.2 Å². The third kappa shape index (κ3) is 3.61. The molecule has 2 heterocycles. The maximum Gasteiger partial charge on any atom is 0.243 e. The summed E-state index contributed by atoms with van der Waals surface area (Å²) >= 11 is 0. The summed E-state index contributed by atoms with van der Waals surface area (Å²) in [6.07, 6.45) is 1.20. The summed E-state index contributed by atoms with van der Waals surface area (Å²) in [5.41, 5.74) is 1.93. The lowest BCUT2D eigenvalue weighted by Gasteiger charge is -2.27. The van der Waals surface area contributed by atoms with Gasteiger partial charge in [-0.05, 0) is 44.0 Å². The molecule has 0 aliphatic carbocycles.